The largest absolute Gasteiger partial charge is 0.464 e. The molecule has 0 aliphatic carbocycles. The van der Waals surface area contributed by atoms with Crippen molar-refractivity contribution in [1.82, 2.24) is 0 Å². The van der Waals surface area contributed by atoms with E-state index in [4.69, 9.17) is 4.74 Å². The molecule has 4 nitrogen and oxygen atoms in total. The molecule has 0 aromatic heterocycles. The Balaban J connectivity index is 2.95. The second-order valence-corrected chi connectivity index (χ2v) is 4.71. The van der Waals surface area contributed by atoms with E-state index in [9.17, 15) is 19.1 Å². The fraction of sp³-hybridized carbons (Fsp3) is 0.429. The van der Waals surface area contributed by atoms with Crippen LogP contribution in [0.25, 0.3) is 0 Å². The molecule has 0 spiro atoms. The van der Waals surface area contributed by atoms with Crippen LogP contribution in [-0.2, 0) is 9.53 Å². The first-order valence-corrected chi connectivity index (χ1v) is 5.95. The summed E-state index contributed by atoms with van der Waals surface area (Å²) in [6, 6.07) is 4.94. The number of aliphatic hydroxyl groups excluding tert-OH is 1. The average Bonchev–Trinajstić information content (AvgIpc) is 2.38. The highest BCUT2D eigenvalue weighted by atomic mass is 19.1. The predicted octanol–water partition coefficient (Wildman–Crippen LogP) is 1.96. The van der Waals surface area contributed by atoms with E-state index in [1.807, 2.05) is 0 Å². The molecule has 0 fully saturated rings. The van der Waals surface area contributed by atoms with Crippen LogP contribution in [-0.4, -0.2) is 29.6 Å². The lowest BCUT2D eigenvalue weighted by Gasteiger charge is -2.27. The Morgan fingerprint density at radius 1 is 1.32 bits per heavy atom. The molecule has 1 aromatic carbocycles. The van der Waals surface area contributed by atoms with E-state index in [1.165, 1.54) is 26.0 Å². The summed E-state index contributed by atoms with van der Waals surface area (Å²) in [6.45, 7) is 4.62. The molecule has 0 unspecified atom stereocenters. The lowest BCUT2D eigenvalue weighted by molar-refractivity contribution is -0.157. The molecule has 0 bridgehead atoms. The molecule has 0 saturated heterocycles. The number of ketones is 1. The minimum absolute atomic E-state index is 0.122. The van der Waals surface area contributed by atoms with Crippen LogP contribution in [0.4, 0.5) is 4.39 Å². The van der Waals surface area contributed by atoms with Gasteiger partial charge in [-0.05, 0) is 45.0 Å². The second kappa shape index (κ2) is 5.93. The first-order valence-electron chi connectivity index (χ1n) is 5.95. The molecule has 0 aliphatic rings. The number of Topliss-reactive ketones (excluding diaryl/α,β-unsaturated/α-hetero) is 1. The third-order valence-electron chi connectivity index (χ3n) is 2.89. The molecule has 104 valence electrons. The van der Waals surface area contributed by atoms with Gasteiger partial charge in [-0.25, -0.2) is 9.18 Å². The van der Waals surface area contributed by atoms with Crippen molar-refractivity contribution in [2.24, 2.45) is 5.41 Å². The summed E-state index contributed by atoms with van der Waals surface area (Å²) >= 11 is 0. The molecule has 0 heterocycles. The van der Waals surface area contributed by atoms with Crippen molar-refractivity contribution in [3.05, 3.63) is 35.6 Å². The van der Waals surface area contributed by atoms with Gasteiger partial charge in [-0.15, -0.1) is 0 Å². The molecule has 1 N–H and O–H groups in total. The number of esters is 1. The van der Waals surface area contributed by atoms with Crippen molar-refractivity contribution in [2.45, 2.75) is 26.9 Å². The Bertz CT molecular complexity index is 465. The maximum atomic E-state index is 12.8. The fourth-order valence-electron chi connectivity index (χ4n) is 1.61. The molecular weight excluding hydrogens is 251 g/mol. The first-order chi connectivity index (χ1) is 8.80. The monoisotopic (exact) mass is 268 g/mol. The van der Waals surface area contributed by atoms with Gasteiger partial charge in [-0.2, -0.15) is 0 Å². The van der Waals surface area contributed by atoms with Crippen LogP contribution in [0.3, 0.4) is 0 Å². The highest BCUT2D eigenvalue weighted by Gasteiger charge is 2.41. The predicted molar refractivity (Wildman–Crippen MR) is 67.2 cm³/mol. The molecule has 1 atom stereocenters. The Hall–Kier alpha value is -1.75. The summed E-state index contributed by atoms with van der Waals surface area (Å²) < 4.78 is 17.5. The third-order valence-corrected chi connectivity index (χ3v) is 2.89. The van der Waals surface area contributed by atoms with Gasteiger partial charge in [-0.1, -0.05) is 0 Å². The summed E-state index contributed by atoms with van der Waals surface area (Å²) in [6.07, 6.45) is -1.56. The van der Waals surface area contributed by atoms with Gasteiger partial charge in [0.15, 0.2) is 11.9 Å². The summed E-state index contributed by atoms with van der Waals surface area (Å²) in [7, 11) is 0. The van der Waals surface area contributed by atoms with Crippen LogP contribution < -0.4 is 0 Å². The van der Waals surface area contributed by atoms with Crippen molar-refractivity contribution < 1.29 is 23.8 Å². The van der Waals surface area contributed by atoms with Crippen molar-refractivity contribution >= 4 is 11.8 Å². The zero-order valence-corrected chi connectivity index (χ0v) is 11.1. The van der Waals surface area contributed by atoms with Crippen LogP contribution in [0.2, 0.25) is 0 Å². The van der Waals surface area contributed by atoms with Gasteiger partial charge in [-0.3, -0.25) is 4.79 Å². The minimum Gasteiger partial charge on any atom is -0.464 e. The van der Waals surface area contributed by atoms with E-state index >= 15 is 0 Å². The summed E-state index contributed by atoms with van der Waals surface area (Å²) in [5.41, 5.74) is -1.11. The van der Waals surface area contributed by atoms with Gasteiger partial charge in [0.05, 0.1) is 12.0 Å². The van der Waals surface area contributed by atoms with Crippen LogP contribution in [0.5, 0.6) is 0 Å². The number of hydrogen-bond donors (Lipinski definition) is 1. The van der Waals surface area contributed by atoms with E-state index in [1.54, 1.807) is 6.92 Å². The fourth-order valence-corrected chi connectivity index (χ4v) is 1.61. The van der Waals surface area contributed by atoms with E-state index in [0.717, 1.165) is 12.1 Å². The Labute approximate surface area is 111 Å². The highest BCUT2D eigenvalue weighted by molar-refractivity contribution is 6.02. The maximum absolute atomic E-state index is 12.8. The van der Waals surface area contributed by atoms with Crippen LogP contribution in [0, 0.1) is 11.2 Å². The normalized spacial score (nSPS) is 12.9. The quantitative estimate of drug-likeness (QED) is 0.655. The van der Waals surface area contributed by atoms with Crippen LogP contribution >= 0.6 is 0 Å². The smallest absolute Gasteiger partial charge is 0.335 e. The number of hydrogen-bond acceptors (Lipinski definition) is 4. The number of benzene rings is 1. The molecule has 19 heavy (non-hydrogen) atoms. The molecule has 0 saturated carbocycles. The summed E-state index contributed by atoms with van der Waals surface area (Å²) in [5.74, 6) is -1.75. The van der Waals surface area contributed by atoms with Crippen LogP contribution in [0.15, 0.2) is 24.3 Å². The third kappa shape index (κ3) is 3.38. The number of carbonyl (C=O) groups excluding carboxylic acids is 2. The van der Waals surface area contributed by atoms with Crippen molar-refractivity contribution in [3.63, 3.8) is 0 Å². The molecule has 1 rings (SSSR count). The van der Waals surface area contributed by atoms with Gasteiger partial charge < -0.3 is 9.84 Å². The Kier molecular flexibility index (Phi) is 4.78. The number of aliphatic hydroxyl groups is 1. The second-order valence-electron chi connectivity index (χ2n) is 4.71. The van der Waals surface area contributed by atoms with E-state index < -0.39 is 29.1 Å². The van der Waals surface area contributed by atoms with Crippen molar-refractivity contribution in [1.29, 1.82) is 0 Å². The molecule has 5 heteroatoms. The van der Waals surface area contributed by atoms with E-state index in [-0.39, 0.29) is 12.2 Å². The van der Waals surface area contributed by atoms with E-state index in [0.29, 0.717) is 0 Å². The zero-order chi connectivity index (χ0) is 14.6. The van der Waals surface area contributed by atoms with Gasteiger partial charge in [0, 0.05) is 5.56 Å². The zero-order valence-electron chi connectivity index (χ0n) is 11.1. The van der Waals surface area contributed by atoms with Crippen molar-refractivity contribution in [2.75, 3.05) is 6.61 Å². The topological polar surface area (TPSA) is 63.6 Å². The number of halogens is 1. The number of rotatable bonds is 5. The van der Waals surface area contributed by atoms with Gasteiger partial charge in [0.25, 0.3) is 0 Å². The lowest BCUT2D eigenvalue weighted by atomic mass is 9.79. The first kappa shape index (κ1) is 15.3. The molecular formula is C14H17FO4. The molecule has 1 aromatic rings. The van der Waals surface area contributed by atoms with Crippen LogP contribution in [0.1, 0.15) is 31.1 Å². The van der Waals surface area contributed by atoms with Gasteiger partial charge in [0.1, 0.15) is 5.82 Å². The maximum Gasteiger partial charge on any atom is 0.335 e. The minimum atomic E-state index is -1.56. The molecule has 0 aliphatic heterocycles. The van der Waals surface area contributed by atoms with Gasteiger partial charge >= 0.3 is 5.97 Å². The van der Waals surface area contributed by atoms with Crippen molar-refractivity contribution in [3.8, 4) is 0 Å². The number of ether oxygens (including phenoxy) is 1. The molecule has 0 amide bonds. The highest BCUT2D eigenvalue weighted by Crippen LogP contribution is 2.27. The number of carbonyl (C=O) groups is 2. The molecule has 0 radical (unpaired) electrons. The SMILES string of the molecule is CCOC(=O)[C@@H](O)C(C)(C)C(=O)c1ccc(F)cc1. The average molecular weight is 268 g/mol. The van der Waals surface area contributed by atoms with E-state index in [2.05, 4.69) is 0 Å². The Morgan fingerprint density at radius 3 is 2.32 bits per heavy atom. The Morgan fingerprint density at radius 2 is 1.84 bits per heavy atom. The standard InChI is InChI=1S/C14H17FO4/c1-4-19-13(18)12(17)14(2,3)11(16)9-5-7-10(15)8-6-9/h5-8,12,17H,4H2,1-3H3/t12-/m1/s1. The van der Waals surface area contributed by atoms with Gasteiger partial charge in [0.2, 0.25) is 0 Å². The summed E-state index contributed by atoms with van der Waals surface area (Å²) in [4.78, 5) is 23.7. The lowest BCUT2D eigenvalue weighted by Crippen LogP contribution is -2.43. The summed E-state index contributed by atoms with van der Waals surface area (Å²) in [5, 5.41) is 9.89.